The van der Waals surface area contributed by atoms with E-state index in [0.717, 1.165) is 0 Å². The van der Waals surface area contributed by atoms with Gasteiger partial charge in [-0.2, -0.15) is 11.3 Å². The molecular formula is C14H20N2O4S. The maximum Gasteiger partial charge on any atom is 0.323 e. The van der Waals surface area contributed by atoms with Gasteiger partial charge in [0.05, 0.1) is 0 Å². The number of carboxylic acid groups (broad SMARTS) is 1. The van der Waals surface area contributed by atoms with Crippen LogP contribution in [0.1, 0.15) is 36.5 Å². The number of carbonyl (C=O) groups is 3. The molecule has 6 nitrogen and oxygen atoms in total. The number of amides is 2. The maximum absolute atomic E-state index is 11.9. The second-order valence-corrected chi connectivity index (χ2v) is 5.36. The largest absolute Gasteiger partial charge is 0.480 e. The fraction of sp³-hybridized carbons (Fsp3) is 0.500. The van der Waals surface area contributed by atoms with E-state index in [-0.39, 0.29) is 24.8 Å². The number of rotatable bonds is 9. The highest BCUT2D eigenvalue weighted by atomic mass is 32.1. The zero-order valence-corrected chi connectivity index (χ0v) is 12.8. The van der Waals surface area contributed by atoms with Gasteiger partial charge in [0.25, 0.3) is 5.91 Å². The number of hydrogen-bond acceptors (Lipinski definition) is 4. The van der Waals surface area contributed by atoms with Crippen LogP contribution in [0.2, 0.25) is 0 Å². The predicted molar refractivity (Wildman–Crippen MR) is 80.4 cm³/mol. The van der Waals surface area contributed by atoms with Gasteiger partial charge < -0.3 is 15.3 Å². The Kier molecular flexibility index (Phi) is 7.45. The molecule has 0 radical (unpaired) electrons. The minimum atomic E-state index is -1.01. The molecule has 0 aliphatic rings. The first-order valence-corrected chi connectivity index (χ1v) is 7.78. The van der Waals surface area contributed by atoms with E-state index in [1.54, 1.807) is 11.4 Å². The molecule has 0 aromatic carbocycles. The van der Waals surface area contributed by atoms with Crippen LogP contribution >= 0.6 is 11.3 Å². The lowest BCUT2D eigenvalue weighted by Gasteiger charge is -2.19. The van der Waals surface area contributed by atoms with Crippen LogP contribution in [0, 0.1) is 0 Å². The van der Waals surface area contributed by atoms with Gasteiger partial charge >= 0.3 is 5.97 Å². The Morgan fingerprint density at radius 1 is 1.38 bits per heavy atom. The molecule has 0 unspecified atom stereocenters. The van der Waals surface area contributed by atoms with Crippen molar-refractivity contribution in [1.29, 1.82) is 0 Å². The standard InChI is InChI=1S/C14H20N2O4S/c1-2-7-16(9-13(18)19)12(17)4-3-6-15-14(20)11-5-8-21-10-11/h5,8,10H,2-4,6-7,9H2,1H3,(H,15,20)(H,18,19). The smallest absolute Gasteiger partial charge is 0.323 e. The van der Waals surface area contributed by atoms with Gasteiger partial charge in [-0.3, -0.25) is 14.4 Å². The molecule has 1 aromatic rings. The minimum Gasteiger partial charge on any atom is -0.480 e. The zero-order chi connectivity index (χ0) is 15.7. The molecule has 0 aliphatic heterocycles. The highest BCUT2D eigenvalue weighted by Gasteiger charge is 2.15. The Morgan fingerprint density at radius 3 is 2.71 bits per heavy atom. The first-order chi connectivity index (χ1) is 10.0. The molecule has 0 atom stereocenters. The van der Waals surface area contributed by atoms with Crippen molar-refractivity contribution in [3.63, 3.8) is 0 Å². The normalized spacial score (nSPS) is 10.1. The van der Waals surface area contributed by atoms with Gasteiger partial charge in [0.1, 0.15) is 6.54 Å². The summed E-state index contributed by atoms with van der Waals surface area (Å²) in [6, 6.07) is 1.74. The van der Waals surface area contributed by atoms with Crippen molar-refractivity contribution < 1.29 is 19.5 Å². The second-order valence-electron chi connectivity index (χ2n) is 4.58. The van der Waals surface area contributed by atoms with E-state index in [0.29, 0.717) is 31.5 Å². The summed E-state index contributed by atoms with van der Waals surface area (Å²) in [5.74, 6) is -1.36. The van der Waals surface area contributed by atoms with E-state index in [1.165, 1.54) is 16.2 Å². The molecule has 0 saturated heterocycles. The summed E-state index contributed by atoms with van der Waals surface area (Å²) < 4.78 is 0. The van der Waals surface area contributed by atoms with Gasteiger partial charge in [0, 0.05) is 30.5 Å². The summed E-state index contributed by atoms with van der Waals surface area (Å²) in [6.45, 7) is 2.46. The van der Waals surface area contributed by atoms with Crippen LogP contribution in [0.3, 0.4) is 0 Å². The molecule has 21 heavy (non-hydrogen) atoms. The average Bonchev–Trinajstić information content (AvgIpc) is 2.96. The predicted octanol–water partition coefficient (Wildman–Crippen LogP) is 1.58. The topological polar surface area (TPSA) is 86.7 Å². The first kappa shape index (κ1) is 17.2. The van der Waals surface area contributed by atoms with Crippen molar-refractivity contribution in [2.24, 2.45) is 0 Å². The molecule has 7 heteroatoms. The Labute approximate surface area is 127 Å². The lowest BCUT2D eigenvalue weighted by Crippen LogP contribution is -2.36. The highest BCUT2D eigenvalue weighted by molar-refractivity contribution is 7.08. The third-order valence-electron chi connectivity index (χ3n) is 2.81. The molecular weight excluding hydrogens is 292 g/mol. The van der Waals surface area contributed by atoms with Crippen LogP contribution in [0.4, 0.5) is 0 Å². The molecule has 1 aromatic heterocycles. The molecule has 1 heterocycles. The number of carbonyl (C=O) groups excluding carboxylic acids is 2. The fourth-order valence-corrected chi connectivity index (χ4v) is 2.46. The Morgan fingerprint density at radius 2 is 2.14 bits per heavy atom. The van der Waals surface area contributed by atoms with Crippen molar-refractivity contribution in [2.75, 3.05) is 19.6 Å². The molecule has 0 spiro atoms. The van der Waals surface area contributed by atoms with Crippen LogP contribution in [-0.2, 0) is 9.59 Å². The number of nitrogens with zero attached hydrogens (tertiary/aromatic N) is 1. The van der Waals surface area contributed by atoms with Gasteiger partial charge in [-0.05, 0) is 24.3 Å². The zero-order valence-electron chi connectivity index (χ0n) is 12.0. The quantitative estimate of drug-likeness (QED) is 0.678. The molecule has 0 saturated carbocycles. The van der Waals surface area contributed by atoms with E-state index in [9.17, 15) is 14.4 Å². The van der Waals surface area contributed by atoms with Crippen LogP contribution in [0.15, 0.2) is 16.8 Å². The van der Waals surface area contributed by atoms with Gasteiger partial charge in [-0.25, -0.2) is 0 Å². The lowest BCUT2D eigenvalue weighted by molar-refractivity contribution is -0.144. The SMILES string of the molecule is CCCN(CC(=O)O)C(=O)CCCNC(=O)c1ccsc1. The van der Waals surface area contributed by atoms with Gasteiger partial charge in [-0.1, -0.05) is 6.92 Å². The summed E-state index contributed by atoms with van der Waals surface area (Å²) >= 11 is 1.45. The van der Waals surface area contributed by atoms with E-state index in [2.05, 4.69) is 5.32 Å². The summed E-state index contributed by atoms with van der Waals surface area (Å²) in [5.41, 5.74) is 0.616. The summed E-state index contributed by atoms with van der Waals surface area (Å²) in [5, 5.41) is 15.1. The number of hydrogen-bond donors (Lipinski definition) is 2. The van der Waals surface area contributed by atoms with Crippen molar-refractivity contribution in [1.82, 2.24) is 10.2 Å². The van der Waals surface area contributed by atoms with Crippen molar-refractivity contribution in [3.05, 3.63) is 22.4 Å². The first-order valence-electron chi connectivity index (χ1n) is 6.84. The molecule has 0 bridgehead atoms. The molecule has 2 amide bonds. The van der Waals surface area contributed by atoms with Crippen molar-refractivity contribution in [2.45, 2.75) is 26.2 Å². The Balaban J connectivity index is 2.28. The van der Waals surface area contributed by atoms with E-state index < -0.39 is 5.97 Å². The molecule has 0 fully saturated rings. The number of carboxylic acids is 1. The molecule has 1 rings (SSSR count). The third-order valence-corrected chi connectivity index (χ3v) is 3.49. The van der Waals surface area contributed by atoms with Gasteiger partial charge in [-0.15, -0.1) is 0 Å². The maximum atomic E-state index is 11.9. The fourth-order valence-electron chi connectivity index (χ4n) is 1.82. The average molecular weight is 312 g/mol. The monoisotopic (exact) mass is 312 g/mol. The second kappa shape index (κ2) is 9.12. The Bertz CT molecular complexity index is 473. The highest BCUT2D eigenvalue weighted by Crippen LogP contribution is 2.05. The third kappa shape index (κ3) is 6.40. The number of nitrogens with one attached hydrogen (secondary N) is 1. The van der Waals surface area contributed by atoms with E-state index in [1.807, 2.05) is 12.3 Å². The van der Waals surface area contributed by atoms with Gasteiger partial charge in [0.2, 0.25) is 5.91 Å². The van der Waals surface area contributed by atoms with Crippen molar-refractivity contribution >= 4 is 29.1 Å². The number of aliphatic carboxylic acids is 1. The Hall–Kier alpha value is -1.89. The lowest BCUT2D eigenvalue weighted by atomic mass is 10.2. The molecule has 2 N–H and O–H groups in total. The molecule has 116 valence electrons. The molecule has 0 aliphatic carbocycles. The minimum absolute atomic E-state index is 0.153. The summed E-state index contributed by atoms with van der Waals surface area (Å²) in [6.07, 6.45) is 1.44. The van der Waals surface area contributed by atoms with Crippen LogP contribution in [0.25, 0.3) is 0 Å². The van der Waals surface area contributed by atoms with E-state index in [4.69, 9.17) is 5.11 Å². The number of thiophene rings is 1. The van der Waals surface area contributed by atoms with Gasteiger partial charge in [0.15, 0.2) is 0 Å². The van der Waals surface area contributed by atoms with Crippen LogP contribution < -0.4 is 5.32 Å². The van der Waals surface area contributed by atoms with Crippen LogP contribution in [0.5, 0.6) is 0 Å². The van der Waals surface area contributed by atoms with Crippen LogP contribution in [-0.4, -0.2) is 47.4 Å². The van der Waals surface area contributed by atoms with E-state index >= 15 is 0 Å². The summed E-state index contributed by atoms with van der Waals surface area (Å²) in [4.78, 5) is 35.6. The summed E-state index contributed by atoms with van der Waals surface area (Å²) in [7, 11) is 0. The van der Waals surface area contributed by atoms with Crippen molar-refractivity contribution in [3.8, 4) is 0 Å².